The molecule has 28 heavy (non-hydrogen) atoms. The summed E-state index contributed by atoms with van der Waals surface area (Å²) in [6.07, 6.45) is 1.32. The van der Waals surface area contributed by atoms with Crippen LogP contribution in [0.25, 0.3) is 21.3 Å². The lowest BCUT2D eigenvalue weighted by Gasteiger charge is -2.12. The Labute approximate surface area is 167 Å². The lowest BCUT2D eigenvalue weighted by molar-refractivity contribution is -0.140. The molecular weight excluding hydrogens is 376 g/mol. The Hall–Kier alpha value is -2.51. The minimum atomic E-state index is -0.281. The van der Waals surface area contributed by atoms with E-state index in [0.29, 0.717) is 37.2 Å². The number of nitrogens with zero attached hydrogens (tertiary/aromatic N) is 2. The summed E-state index contributed by atoms with van der Waals surface area (Å²) in [4.78, 5) is 30.3. The highest BCUT2D eigenvalue weighted by Crippen LogP contribution is 2.31. The molecule has 6 nitrogen and oxygen atoms in total. The van der Waals surface area contributed by atoms with E-state index in [9.17, 15) is 9.59 Å². The van der Waals surface area contributed by atoms with E-state index in [2.05, 4.69) is 0 Å². The van der Waals surface area contributed by atoms with Crippen LogP contribution in [-0.4, -0.2) is 36.3 Å². The summed E-state index contributed by atoms with van der Waals surface area (Å²) >= 11 is 1.48. The predicted molar refractivity (Wildman–Crippen MR) is 111 cm³/mol. The third-order valence-corrected chi connectivity index (χ3v) is 5.53. The third-order valence-electron chi connectivity index (χ3n) is 4.66. The fourth-order valence-electron chi connectivity index (χ4n) is 3.11. The van der Waals surface area contributed by atoms with Gasteiger partial charge in [0.15, 0.2) is 0 Å². The van der Waals surface area contributed by atoms with Crippen LogP contribution in [0.4, 0.5) is 0 Å². The van der Waals surface area contributed by atoms with Gasteiger partial charge in [-0.05, 0) is 18.9 Å². The van der Waals surface area contributed by atoms with Crippen molar-refractivity contribution >= 4 is 27.5 Å². The molecule has 0 radical (unpaired) electrons. The first-order chi connectivity index (χ1) is 13.5. The van der Waals surface area contributed by atoms with Gasteiger partial charge in [-0.1, -0.05) is 29.8 Å². The van der Waals surface area contributed by atoms with Crippen LogP contribution in [0.15, 0.2) is 34.4 Å². The Bertz CT molecular complexity index is 1020. The zero-order chi connectivity index (χ0) is 20.1. The topological polar surface area (TPSA) is 70.4 Å². The highest BCUT2D eigenvalue weighted by Gasteiger charge is 2.17. The second-order valence-electron chi connectivity index (χ2n) is 6.60. The fraction of sp³-hybridized carbons (Fsp3) is 0.381. The van der Waals surface area contributed by atoms with Gasteiger partial charge >= 0.3 is 5.97 Å². The summed E-state index contributed by atoms with van der Waals surface area (Å²) in [6.45, 7) is 2.93. The number of hydrogen-bond donors (Lipinski definition) is 0. The summed E-state index contributed by atoms with van der Waals surface area (Å²) in [6, 6.07) is 8.12. The maximum absolute atomic E-state index is 13.4. The van der Waals surface area contributed by atoms with Crippen molar-refractivity contribution in [1.82, 2.24) is 9.55 Å². The molecule has 0 atom stereocenters. The predicted octanol–water partition coefficient (Wildman–Crippen LogP) is 3.58. The molecule has 3 rings (SSSR count). The third kappa shape index (κ3) is 4.31. The van der Waals surface area contributed by atoms with Gasteiger partial charge in [0.2, 0.25) is 0 Å². The summed E-state index contributed by atoms with van der Waals surface area (Å²) in [5.41, 5.74) is 3.00. The minimum absolute atomic E-state index is 0.0715. The van der Waals surface area contributed by atoms with Crippen molar-refractivity contribution in [3.8, 4) is 11.1 Å². The van der Waals surface area contributed by atoms with Crippen LogP contribution >= 0.6 is 11.3 Å². The van der Waals surface area contributed by atoms with Gasteiger partial charge in [-0.2, -0.15) is 0 Å². The molecule has 0 fully saturated rings. The molecule has 2 aromatic heterocycles. The normalized spacial score (nSPS) is 11.1. The Morgan fingerprint density at radius 1 is 1.21 bits per heavy atom. The number of esters is 1. The second-order valence-corrected chi connectivity index (χ2v) is 7.46. The highest BCUT2D eigenvalue weighted by atomic mass is 32.1. The van der Waals surface area contributed by atoms with E-state index in [1.807, 2.05) is 36.6 Å². The monoisotopic (exact) mass is 400 g/mol. The van der Waals surface area contributed by atoms with E-state index >= 15 is 0 Å². The first kappa shape index (κ1) is 20.2. The van der Waals surface area contributed by atoms with Crippen molar-refractivity contribution in [2.75, 3.05) is 20.8 Å². The minimum Gasteiger partial charge on any atom is -0.469 e. The summed E-state index contributed by atoms with van der Waals surface area (Å²) < 4.78 is 11.5. The summed E-state index contributed by atoms with van der Waals surface area (Å²) in [7, 11) is 2.99. The maximum Gasteiger partial charge on any atom is 0.305 e. The zero-order valence-electron chi connectivity index (χ0n) is 16.4. The van der Waals surface area contributed by atoms with Crippen LogP contribution in [-0.2, 0) is 27.2 Å². The number of carbonyl (C=O) groups is 1. The van der Waals surface area contributed by atoms with Crippen molar-refractivity contribution in [3.05, 3.63) is 51.4 Å². The van der Waals surface area contributed by atoms with E-state index in [0.717, 1.165) is 16.0 Å². The Kier molecular flexibility index (Phi) is 6.59. The van der Waals surface area contributed by atoms with Gasteiger partial charge < -0.3 is 9.47 Å². The number of aryl methyl sites for hydroxylation is 1. The number of carbonyl (C=O) groups excluding carboxylic acids is 1. The number of methoxy groups -OCH3 is 2. The molecule has 0 saturated carbocycles. The number of hydrogen-bond acceptors (Lipinski definition) is 6. The molecule has 0 aliphatic rings. The van der Waals surface area contributed by atoms with E-state index < -0.39 is 0 Å². The average molecular weight is 401 g/mol. The van der Waals surface area contributed by atoms with Gasteiger partial charge in [0.1, 0.15) is 10.7 Å². The second kappa shape index (κ2) is 9.12. The molecule has 148 valence electrons. The smallest absolute Gasteiger partial charge is 0.305 e. The van der Waals surface area contributed by atoms with Gasteiger partial charge in [-0.25, -0.2) is 4.98 Å². The van der Waals surface area contributed by atoms with Gasteiger partial charge in [-0.15, -0.1) is 11.3 Å². The van der Waals surface area contributed by atoms with Crippen LogP contribution in [0.5, 0.6) is 0 Å². The van der Waals surface area contributed by atoms with Crippen LogP contribution in [0, 0.1) is 6.92 Å². The number of aromatic nitrogens is 2. The van der Waals surface area contributed by atoms with Crippen LogP contribution in [0.1, 0.15) is 24.2 Å². The number of fused-ring (bicyclic) bond motifs is 1. The quantitative estimate of drug-likeness (QED) is 0.541. The molecule has 3 aromatic rings. The lowest BCUT2D eigenvalue weighted by atomic mass is 10.0. The van der Waals surface area contributed by atoms with Crippen molar-refractivity contribution in [2.24, 2.45) is 0 Å². The molecule has 0 spiro atoms. The maximum atomic E-state index is 13.4. The van der Waals surface area contributed by atoms with Crippen molar-refractivity contribution in [3.63, 3.8) is 0 Å². The van der Waals surface area contributed by atoms with Crippen molar-refractivity contribution in [2.45, 2.75) is 32.7 Å². The molecule has 0 N–H and O–H groups in total. The Morgan fingerprint density at radius 3 is 2.64 bits per heavy atom. The molecule has 0 saturated heterocycles. The molecule has 0 unspecified atom stereocenters. The number of thiophene rings is 1. The lowest BCUT2D eigenvalue weighted by Crippen LogP contribution is -2.26. The number of rotatable bonds is 8. The summed E-state index contributed by atoms with van der Waals surface area (Å²) in [5.74, 6) is 0.401. The fourth-order valence-corrected chi connectivity index (χ4v) is 4.07. The van der Waals surface area contributed by atoms with Gasteiger partial charge in [0.25, 0.3) is 5.56 Å². The first-order valence-corrected chi connectivity index (χ1v) is 10.1. The highest BCUT2D eigenvalue weighted by molar-refractivity contribution is 7.17. The van der Waals surface area contributed by atoms with E-state index in [-0.39, 0.29) is 17.9 Å². The molecule has 0 bridgehead atoms. The largest absolute Gasteiger partial charge is 0.469 e. The SMILES string of the molecule is COCCc1nc2scc(-c3ccc(C)cc3)c2c(=O)n1CCCC(=O)OC. The molecule has 1 aromatic carbocycles. The van der Waals surface area contributed by atoms with E-state index in [4.69, 9.17) is 14.5 Å². The van der Waals surface area contributed by atoms with Gasteiger partial charge in [0, 0.05) is 37.4 Å². The first-order valence-electron chi connectivity index (χ1n) is 9.19. The van der Waals surface area contributed by atoms with Crippen LogP contribution in [0.2, 0.25) is 0 Å². The molecule has 0 amide bonds. The molecule has 0 aliphatic heterocycles. The number of ether oxygens (including phenoxy) is 2. The standard InChI is InChI=1S/C21H24N2O4S/c1-14-6-8-15(9-7-14)16-13-28-20-19(16)21(25)23(11-4-5-18(24)27-3)17(22-20)10-12-26-2/h6-9,13H,4-5,10-12H2,1-3H3. The summed E-state index contributed by atoms with van der Waals surface area (Å²) in [5, 5.41) is 2.62. The van der Waals surface area contributed by atoms with Crippen molar-refractivity contribution < 1.29 is 14.3 Å². The van der Waals surface area contributed by atoms with E-state index in [1.165, 1.54) is 24.0 Å². The Morgan fingerprint density at radius 2 is 1.96 bits per heavy atom. The van der Waals surface area contributed by atoms with Crippen molar-refractivity contribution in [1.29, 1.82) is 0 Å². The van der Waals surface area contributed by atoms with Crippen LogP contribution < -0.4 is 5.56 Å². The molecule has 0 aliphatic carbocycles. The van der Waals surface area contributed by atoms with Gasteiger partial charge in [0.05, 0.1) is 19.1 Å². The van der Waals surface area contributed by atoms with E-state index in [1.54, 1.807) is 11.7 Å². The number of benzene rings is 1. The van der Waals surface area contributed by atoms with Crippen LogP contribution in [0.3, 0.4) is 0 Å². The average Bonchev–Trinajstić information content (AvgIpc) is 3.12. The molecule has 2 heterocycles. The zero-order valence-corrected chi connectivity index (χ0v) is 17.2. The van der Waals surface area contributed by atoms with Gasteiger partial charge in [-0.3, -0.25) is 14.2 Å². The Balaban J connectivity index is 2.05. The molecule has 7 heteroatoms. The molecular formula is C21H24N2O4S.